The molecule has 7 heteroatoms. The summed E-state index contributed by atoms with van der Waals surface area (Å²) in [5.41, 5.74) is 0. The molecule has 0 N–H and O–H groups in total. The van der Waals surface area contributed by atoms with Crippen LogP contribution in [0.25, 0.3) is 0 Å². The fourth-order valence-corrected chi connectivity index (χ4v) is 3.48. The van der Waals surface area contributed by atoms with E-state index in [0.29, 0.717) is 0 Å². The summed E-state index contributed by atoms with van der Waals surface area (Å²) < 4.78 is 40.0. The third-order valence-corrected chi connectivity index (χ3v) is 5.47. The molecule has 0 amide bonds. The molecule has 0 radical (unpaired) electrons. The normalized spacial score (nSPS) is 14.1. The van der Waals surface area contributed by atoms with Crippen molar-refractivity contribution in [2.24, 2.45) is 0 Å². The van der Waals surface area contributed by atoms with E-state index in [1.165, 1.54) is 0 Å². The molecule has 0 saturated heterocycles. The smallest absolute Gasteiger partial charge is 0.179 e. The number of allylic oxidation sites excluding steroid dienone is 2. The summed E-state index contributed by atoms with van der Waals surface area (Å²) in [5, 5.41) is 0. The van der Waals surface area contributed by atoms with Crippen LogP contribution < -0.4 is 0 Å². The maximum Gasteiger partial charge on any atom is 0.179 e. The van der Waals surface area contributed by atoms with Crippen LogP contribution in [-0.2, 0) is 33.2 Å². The first-order chi connectivity index (χ1) is 18.1. The number of methoxy groups -OCH3 is 2. The summed E-state index contributed by atoms with van der Waals surface area (Å²) in [6.45, 7) is 11.5. The Hall–Kier alpha value is -0.800. The monoisotopic (exact) mass is 530 g/mol. The highest BCUT2D eigenvalue weighted by Crippen LogP contribution is 2.13. The predicted octanol–water partition coefficient (Wildman–Crippen LogP) is 7.54. The van der Waals surface area contributed by atoms with Gasteiger partial charge in [-0.2, -0.15) is 0 Å². The van der Waals surface area contributed by atoms with Crippen molar-refractivity contribution in [2.75, 3.05) is 40.6 Å². The third-order valence-electron chi connectivity index (χ3n) is 5.47. The van der Waals surface area contributed by atoms with Crippen molar-refractivity contribution in [1.82, 2.24) is 0 Å². The standard InChI is InChI=1S/C30H58O7/c1-7-23-33-29(34-24-8-2)21-17-13-11-15-19-27(31-5)37-28(32-6)20-16-12-14-18-22-30(35-25-9-3)36-26-10-4/h15-16,19-20,27-30H,7-14,17-18,21-26H2,1-6H3. The Morgan fingerprint density at radius 2 is 0.865 bits per heavy atom. The molecule has 220 valence electrons. The lowest BCUT2D eigenvalue weighted by molar-refractivity contribution is -0.188. The van der Waals surface area contributed by atoms with E-state index in [-0.39, 0.29) is 12.6 Å². The van der Waals surface area contributed by atoms with Gasteiger partial charge >= 0.3 is 0 Å². The first-order valence-corrected chi connectivity index (χ1v) is 14.7. The third kappa shape index (κ3) is 22.9. The summed E-state index contributed by atoms with van der Waals surface area (Å²) in [7, 11) is 3.29. The topological polar surface area (TPSA) is 64.6 Å². The van der Waals surface area contributed by atoms with E-state index in [9.17, 15) is 0 Å². The summed E-state index contributed by atoms with van der Waals surface area (Å²) in [6.07, 6.45) is 19.1. The van der Waals surface area contributed by atoms with Crippen LogP contribution in [0.3, 0.4) is 0 Å². The highest BCUT2D eigenvalue weighted by Gasteiger charge is 2.11. The highest BCUT2D eigenvalue weighted by atomic mass is 16.8. The molecular formula is C30H58O7. The van der Waals surface area contributed by atoms with Crippen LogP contribution in [0.5, 0.6) is 0 Å². The fraction of sp³-hybridized carbons (Fsp3) is 0.867. The van der Waals surface area contributed by atoms with E-state index in [1.54, 1.807) is 14.2 Å². The number of ether oxygens (including phenoxy) is 7. The molecule has 0 aromatic heterocycles. The highest BCUT2D eigenvalue weighted by molar-refractivity contribution is 4.89. The molecule has 0 aliphatic heterocycles. The lowest BCUT2D eigenvalue weighted by atomic mass is 10.2. The molecule has 0 saturated carbocycles. The number of rotatable bonds is 28. The largest absolute Gasteiger partial charge is 0.353 e. The number of hydrogen-bond acceptors (Lipinski definition) is 7. The SMILES string of the molecule is CCCOC(CCCCC=CC(OC)OC(C=CCCCCC(OCCC)OCCC)OC)OCCC. The van der Waals surface area contributed by atoms with Gasteiger partial charge in [0.2, 0.25) is 0 Å². The minimum absolute atomic E-state index is 0.0848. The summed E-state index contributed by atoms with van der Waals surface area (Å²) in [6, 6.07) is 0. The molecule has 37 heavy (non-hydrogen) atoms. The van der Waals surface area contributed by atoms with Gasteiger partial charge in [0.15, 0.2) is 25.2 Å². The second kappa shape index (κ2) is 28.2. The van der Waals surface area contributed by atoms with Gasteiger partial charge in [0.05, 0.1) is 0 Å². The maximum atomic E-state index is 5.92. The van der Waals surface area contributed by atoms with Crippen molar-refractivity contribution >= 4 is 0 Å². The van der Waals surface area contributed by atoms with Gasteiger partial charge in [0.1, 0.15) is 0 Å². The number of unbranched alkanes of at least 4 members (excludes halogenated alkanes) is 4. The number of hydrogen-bond donors (Lipinski definition) is 0. The zero-order chi connectivity index (χ0) is 27.4. The van der Waals surface area contributed by atoms with Crippen LogP contribution in [-0.4, -0.2) is 65.8 Å². The molecule has 0 aliphatic carbocycles. The minimum atomic E-state index is -0.449. The molecule has 0 bridgehead atoms. The Morgan fingerprint density at radius 1 is 0.514 bits per heavy atom. The van der Waals surface area contributed by atoms with Gasteiger partial charge in [-0.15, -0.1) is 0 Å². The van der Waals surface area contributed by atoms with E-state index >= 15 is 0 Å². The van der Waals surface area contributed by atoms with Gasteiger partial charge in [0, 0.05) is 40.6 Å². The quantitative estimate of drug-likeness (QED) is 0.0588. The van der Waals surface area contributed by atoms with E-state index in [4.69, 9.17) is 33.2 Å². The van der Waals surface area contributed by atoms with Crippen molar-refractivity contribution in [1.29, 1.82) is 0 Å². The van der Waals surface area contributed by atoms with Crippen LogP contribution in [0.1, 0.15) is 105 Å². The summed E-state index contributed by atoms with van der Waals surface area (Å²) in [4.78, 5) is 0. The minimum Gasteiger partial charge on any atom is -0.353 e. The molecule has 0 spiro atoms. The predicted molar refractivity (Wildman–Crippen MR) is 150 cm³/mol. The Labute approximate surface area is 228 Å². The molecular weight excluding hydrogens is 472 g/mol. The zero-order valence-corrected chi connectivity index (χ0v) is 24.8. The second-order valence-corrected chi connectivity index (χ2v) is 9.11. The first-order valence-electron chi connectivity index (χ1n) is 14.7. The van der Waals surface area contributed by atoms with Gasteiger partial charge in [-0.1, -0.05) is 39.8 Å². The molecule has 0 aromatic rings. The average molecular weight is 531 g/mol. The molecule has 0 rings (SSSR count). The molecule has 2 atom stereocenters. The lowest BCUT2D eigenvalue weighted by Crippen LogP contribution is -2.22. The van der Waals surface area contributed by atoms with Crippen LogP contribution in [0.2, 0.25) is 0 Å². The van der Waals surface area contributed by atoms with Crippen molar-refractivity contribution in [3.8, 4) is 0 Å². The van der Waals surface area contributed by atoms with Gasteiger partial charge in [-0.25, -0.2) is 0 Å². The molecule has 2 unspecified atom stereocenters. The van der Waals surface area contributed by atoms with E-state index in [1.807, 2.05) is 12.2 Å². The first kappa shape index (κ1) is 36.2. The van der Waals surface area contributed by atoms with Crippen molar-refractivity contribution in [3.05, 3.63) is 24.3 Å². The van der Waals surface area contributed by atoms with Crippen LogP contribution in [0.15, 0.2) is 24.3 Å². The molecule has 0 aromatic carbocycles. The zero-order valence-electron chi connectivity index (χ0n) is 24.8. The van der Waals surface area contributed by atoms with E-state index in [0.717, 1.165) is 103 Å². The van der Waals surface area contributed by atoms with Crippen molar-refractivity contribution in [3.63, 3.8) is 0 Å². The average Bonchev–Trinajstić information content (AvgIpc) is 2.92. The second-order valence-electron chi connectivity index (χ2n) is 9.11. The van der Waals surface area contributed by atoms with Crippen LogP contribution in [0, 0.1) is 0 Å². The Bertz CT molecular complexity index is 452. The Kier molecular flexibility index (Phi) is 27.6. The van der Waals surface area contributed by atoms with Crippen LogP contribution >= 0.6 is 0 Å². The van der Waals surface area contributed by atoms with E-state index in [2.05, 4.69) is 39.8 Å². The van der Waals surface area contributed by atoms with Gasteiger partial charge in [-0.05, 0) is 89.2 Å². The molecule has 0 heterocycles. The van der Waals surface area contributed by atoms with Gasteiger partial charge in [-0.3, -0.25) is 0 Å². The Balaban J connectivity index is 4.23. The lowest BCUT2D eigenvalue weighted by Gasteiger charge is -2.19. The van der Waals surface area contributed by atoms with Gasteiger partial charge in [0.25, 0.3) is 0 Å². The van der Waals surface area contributed by atoms with Crippen molar-refractivity contribution in [2.45, 2.75) is 130 Å². The summed E-state index contributed by atoms with van der Waals surface area (Å²) in [5.74, 6) is 0. The molecule has 7 nitrogen and oxygen atoms in total. The maximum absolute atomic E-state index is 5.92. The Morgan fingerprint density at radius 3 is 1.16 bits per heavy atom. The van der Waals surface area contributed by atoms with Gasteiger partial charge < -0.3 is 33.2 Å². The molecule has 0 fully saturated rings. The molecule has 0 aliphatic rings. The van der Waals surface area contributed by atoms with Crippen molar-refractivity contribution < 1.29 is 33.2 Å². The van der Waals surface area contributed by atoms with Crippen LogP contribution in [0.4, 0.5) is 0 Å². The van der Waals surface area contributed by atoms with E-state index < -0.39 is 12.6 Å². The summed E-state index contributed by atoms with van der Waals surface area (Å²) >= 11 is 0. The fourth-order valence-electron chi connectivity index (χ4n) is 3.48.